The maximum Gasteiger partial charge on any atom is 0.0875 e. The summed E-state index contributed by atoms with van der Waals surface area (Å²) in [6.45, 7) is 14.1. The van der Waals surface area contributed by atoms with Crippen molar-refractivity contribution < 1.29 is 5.11 Å². The van der Waals surface area contributed by atoms with E-state index in [0.29, 0.717) is 12.6 Å². The van der Waals surface area contributed by atoms with Gasteiger partial charge in [0.2, 0.25) is 0 Å². The number of rotatable bonds is 8. The molecule has 6 heteroatoms. The van der Waals surface area contributed by atoms with Gasteiger partial charge in [0, 0.05) is 30.6 Å². The van der Waals surface area contributed by atoms with Crippen LogP contribution in [-0.4, -0.2) is 47.4 Å². The summed E-state index contributed by atoms with van der Waals surface area (Å²) in [5.74, 6) is 0. The number of hydrazine groups is 2. The predicted molar refractivity (Wildman–Crippen MR) is 98.0 cm³/mol. The minimum Gasteiger partial charge on any atom is -0.396 e. The summed E-state index contributed by atoms with van der Waals surface area (Å²) >= 11 is 0. The third kappa shape index (κ3) is 10.5. The molecule has 0 saturated heterocycles. The Morgan fingerprint density at radius 1 is 1.35 bits per heavy atom. The molecule has 138 valence electrons. The van der Waals surface area contributed by atoms with E-state index in [2.05, 4.69) is 68.7 Å². The van der Waals surface area contributed by atoms with Crippen LogP contribution in [0.3, 0.4) is 0 Å². The van der Waals surface area contributed by atoms with E-state index in [4.69, 9.17) is 10.8 Å². The van der Waals surface area contributed by atoms with Crippen molar-refractivity contribution in [2.45, 2.75) is 72.9 Å². The summed E-state index contributed by atoms with van der Waals surface area (Å²) < 4.78 is 0. The van der Waals surface area contributed by atoms with E-state index in [1.54, 1.807) is 0 Å². The summed E-state index contributed by atoms with van der Waals surface area (Å²) in [4.78, 5) is 2.28. The average molecular weight is 330 g/mol. The molecule has 0 fully saturated rings. The number of hydrogen-bond acceptors (Lipinski definition) is 6. The minimum absolute atomic E-state index is 0.217. The van der Waals surface area contributed by atoms with Crippen molar-refractivity contribution in [3.8, 4) is 0 Å². The first kappa shape index (κ1) is 22.2. The molecule has 1 aliphatic rings. The molecule has 6 nitrogen and oxygen atoms in total. The van der Waals surface area contributed by atoms with Gasteiger partial charge in [0.25, 0.3) is 0 Å². The van der Waals surface area contributed by atoms with Crippen LogP contribution in [0.15, 0.2) is 11.9 Å². The topological polar surface area (TPSA) is 76.8 Å². The molecule has 1 aliphatic heterocycles. The second kappa shape index (κ2) is 10.9. The Balaban J connectivity index is 0.00000108. The smallest absolute Gasteiger partial charge is 0.0875 e. The molecule has 0 bridgehead atoms. The van der Waals surface area contributed by atoms with Gasteiger partial charge in [0.1, 0.15) is 0 Å². The summed E-state index contributed by atoms with van der Waals surface area (Å²) in [7, 11) is 2.12. The molecule has 1 unspecified atom stereocenters. The highest BCUT2D eigenvalue weighted by Gasteiger charge is 2.24. The number of aliphatic hydroxyl groups excluding tert-OH is 1. The monoisotopic (exact) mass is 329 g/mol. The van der Waals surface area contributed by atoms with Gasteiger partial charge in [-0.3, -0.25) is 9.91 Å². The Morgan fingerprint density at radius 2 is 1.91 bits per heavy atom. The molecule has 5 N–H and O–H groups in total. The number of aliphatic hydroxyl groups is 1. The zero-order valence-electron chi connectivity index (χ0n) is 16.2. The zero-order chi connectivity index (χ0) is 18.0. The maximum atomic E-state index is 7.88. The Bertz CT molecular complexity index is 340. The van der Waals surface area contributed by atoms with Crippen LogP contribution in [0.4, 0.5) is 0 Å². The SMILES string of the molecule is CC(N)CC(C)(C)CC1=CN(CN(C)C(C)C)NN1.CCCO. The van der Waals surface area contributed by atoms with Gasteiger partial charge in [-0.15, -0.1) is 5.53 Å². The number of nitrogens with zero attached hydrogens (tertiary/aromatic N) is 2. The fourth-order valence-corrected chi connectivity index (χ4v) is 2.43. The lowest BCUT2D eigenvalue weighted by atomic mass is 9.82. The third-order valence-electron chi connectivity index (χ3n) is 3.70. The van der Waals surface area contributed by atoms with E-state index < -0.39 is 0 Å². The van der Waals surface area contributed by atoms with Crippen LogP contribution in [0.1, 0.15) is 60.8 Å². The quantitative estimate of drug-likeness (QED) is 0.546. The lowest BCUT2D eigenvalue weighted by Gasteiger charge is -2.26. The van der Waals surface area contributed by atoms with Gasteiger partial charge >= 0.3 is 0 Å². The van der Waals surface area contributed by atoms with Gasteiger partial charge in [-0.1, -0.05) is 20.8 Å². The highest BCUT2D eigenvalue weighted by atomic mass is 16.2. The molecule has 0 aromatic rings. The minimum atomic E-state index is 0.217. The standard InChI is InChI=1S/C14H31N5.C3H8O/c1-11(2)18(6)10-19-9-13(16-17-19)8-14(4,5)7-12(3)15;1-2-3-4/h9,11-12,16-17H,7-8,10,15H2,1-6H3;4H,2-3H2,1H3. The van der Waals surface area contributed by atoms with E-state index >= 15 is 0 Å². The Hall–Kier alpha value is -0.820. The van der Waals surface area contributed by atoms with E-state index in [0.717, 1.165) is 25.9 Å². The first-order valence-electron chi connectivity index (χ1n) is 8.67. The highest BCUT2D eigenvalue weighted by molar-refractivity contribution is 5.04. The first-order valence-corrected chi connectivity index (χ1v) is 8.67. The van der Waals surface area contributed by atoms with Crippen molar-refractivity contribution in [1.82, 2.24) is 20.9 Å². The van der Waals surface area contributed by atoms with Crippen molar-refractivity contribution in [2.75, 3.05) is 20.3 Å². The fourth-order valence-electron chi connectivity index (χ4n) is 2.43. The Labute approximate surface area is 143 Å². The fraction of sp³-hybridized carbons (Fsp3) is 0.882. The zero-order valence-corrected chi connectivity index (χ0v) is 16.2. The highest BCUT2D eigenvalue weighted by Crippen LogP contribution is 2.29. The van der Waals surface area contributed by atoms with Gasteiger partial charge in [-0.2, -0.15) is 0 Å². The molecule has 0 aliphatic carbocycles. The normalized spacial score (nSPS) is 16.1. The molecule has 1 rings (SSSR count). The third-order valence-corrected chi connectivity index (χ3v) is 3.70. The van der Waals surface area contributed by atoms with Crippen LogP contribution < -0.4 is 16.7 Å². The van der Waals surface area contributed by atoms with E-state index in [9.17, 15) is 0 Å². The van der Waals surface area contributed by atoms with Crippen molar-refractivity contribution >= 4 is 0 Å². The van der Waals surface area contributed by atoms with Crippen molar-refractivity contribution in [3.63, 3.8) is 0 Å². The van der Waals surface area contributed by atoms with Crippen molar-refractivity contribution in [1.29, 1.82) is 0 Å². The van der Waals surface area contributed by atoms with Crippen LogP contribution in [0.5, 0.6) is 0 Å². The van der Waals surface area contributed by atoms with Crippen LogP contribution in [0.25, 0.3) is 0 Å². The van der Waals surface area contributed by atoms with Crippen LogP contribution in [0, 0.1) is 5.41 Å². The second-order valence-electron chi connectivity index (χ2n) is 7.60. The van der Waals surface area contributed by atoms with E-state index in [1.807, 2.05) is 6.92 Å². The molecular formula is C17H39N5O. The molecule has 23 heavy (non-hydrogen) atoms. The van der Waals surface area contributed by atoms with Gasteiger partial charge in [-0.25, -0.2) is 0 Å². The first-order chi connectivity index (χ1) is 10.6. The maximum absolute atomic E-state index is 7.88. The van der Waals surface area contributed by atoms with Gasteiger partial charge in [0.15, 0.2) is 0 Å². The number of allylic oxidation sites excluding steroid dienone is 1. The second-order valence-corrected chi connectivity index (χ2v) is 7.60. The summed E-state index contributed by atoms with van der Waals surface area (Å²) in [6.07, 6.45) is 5.06. The molecule has 0 aromatic heterocycles. The van der Waals surface area contributed by atoms with Crippen LogP contribution in [0.2, 0.25) is 0 Å². The lowest BCUT2D eigenvalue weighted by Crippen LogP contribution is -2.44. The number of hydrogen-bond donors (Lipinski definition) is 4. The van der Waals surface area contributed by atoms with E-state index in [-0.39, 0.29) is 11.5 Å². The molecule has 0 radical (unpaired) electrons. The molecule has 0 spiro atoms. The van der Waals surface area contributed by atoms with E-state index in [1.165, 1.54) is 5.70 Å². The van der Waals surface area contributed by atoms with Gasteiger partial charge in [-0.05, 0) is 52.5 Å². The van der Waals surface area contributed by atoms with Crippen molar-refractivity contribution in [3.05, 3.63) is 11.9 Å². The summed E-state index contributed by atoms with van der Waals surface area (Å²) in [5.41, 5.74) is 13.8. The molecule has 0 saturated carbocycles. The average Bonchev–Trinajstić information content (AvgIpc) is 2.83. The summed E-state index contributed by atoms with van der Waals surface area (Å²) in [5, 5.41) is 9.96. The number of nitrogens with two attached hydrogens (primary N) is 1. The predicted octanol–water partition coefficient (Wildman–Crippen LogP) is 1.99. The molecule has 0 amide bonds. The molecule has 1 atom stereocenters. The summed E-state index contributed by atoms with van der Waals surface area (Å²) in [6, 6.07) is 0.780. The molecule has 1 heterocycles. The lowest BCUT2D eigenvalue weighted by molar-refractivity contribution is 0.130. The number of nitrogens with one attached hydrogen (secondary N) is 2. The Morgan fingerprint density at radius 3 is 2.35 bits per heavy atom. The van der Waals surface area contributed by atoms with Crippen LogP contribution in [-0.2, 0) is 0 Å². The molecule has 0 aromatic carbocycles. The molecular weight excluding hydrogens is 290 g/mol. The van der Waals surface area contributed by atoms with Crippen molar-refractivity contribution in [2.24, 2.45) is 11.1 Å². The largest absolute Gasteiger partial charge is 0.396 e. The van der Waals surface area contributed by atoms with Gasteiger partial charge in [0.05, 0.1) is 6.67 Å². The van der Waals surface area contributed by atoms with Gasteiger partial charge < -0.3 is 16.3 Å². The Kier molecular flexibility index (Phi) is 10.5. The van der Waals surface area contributed by atoms with Crippen LogP contribution >= 0.6 is 0 Å².